The fourth-order valence-corrected chi connectivity index (χ4v) is 5.42. The van der Waals surface area contributed by atoms with Gasteiger partial charge in [0.1, 0.15) is 0 Å². The zero-order valence-electron chi connectivity index (χ0n) is 17.3. The minimum Gasteiger partial charge on any atom is -0.464 e. The summed E-state index contributed by atoms with van der Waals surface area (Å²) in [5.74, 6) is 4.79. The quantitative estimate of drug-likeness (QED) is 0.486. The molecule has 0 amide bonds. The van der Waals surface area contributed by atoms with Crippen molar-refractivity contribution in [3.05, 3.63) is 53.1 Å². The van der Waals surface area contributed by atoms with Crippen molar-refractivity contribution in [3.63, 3.8) is 0 Å². The van der Waals surface area contributed by atoms with Crippen LogP contribution in [0.1, 0.15) is 32.3 Å². The van der Waals surface area contributed by atoms with E-state index in [1.54, 1.807) is 50.2 Å². The SMILES string of the molecule is CC#Cc1ccc(S(=O)(=O)N2CCC(F)(C(=O)OCC)CC2)c(-c2ccccc2Cl)c1. The molecule has 3 rings (SSSR count). The number of ether oxygens (including phenoxy) is 1. The number of hydrogen-bond acceptors (Lipinski definition) is 4. The third-order valence-corrected chi connectivity index (χ3v) is 7.47. The topological polar surface area (TPSA) is 63.7 Å². The smallest absolute Gasteiger partial charge is 0.343 e. The number of sulfonamides is 1. The largest absolute Gasteiger partial charge is 0.464 e. The molecule has 1 saturated heterocycles. The zero-order chi connectivity index (χ0) is 22.6. The molecule has 1 aliphatic heterocycles. The second-order valence-electron chi connectivity index (χ2n) is 7.16. The average molecular weight is 464 g/mol. The lowest BCUT2D eigenvalue weighted by Gasteiger charge is -2.34. The van der Waals surface area contributed by atoms with Crippen LogP contribution in [0, 0.1) is 11.8 Å². The van der Waals surface area contributed by atoms with Gasteiger partial charge in [-0.05, 0) is 38.1 Å². The van der Waals surface area contributed by atoms with Crippen molar-refractivity contribution in [2.45, 2.75) is 37.3 Å². The molecule has 0 saturated carbocycles. The van der Waals surface area contributed by atoms with Crippen molar-refractivity contribution in [1.29, 1.82) is 0 Å². The number of carbonyl (C=O) groups is 1. The van der Waals surface area contributed by atoms with Crippen molar-refractivity contribution < 1.29 is 22.3 Å². The first-order valence-corrected chi connectivity index (χ1v) is 11.7. The highest BCUT2D eigenvalue weighted by Crippen LogP contribution is 2.37. The van der Waals surface area contributed by atoms with Crippen molar-refractivity contribution >= 4 is 27.6 Å². The fraction of sp³-hybridized carbons (Fsp3) is 0.348. The monoisotopic (exact) mass is 463 g/mol. The van der Waals surface area contributed by atoms with Gasteiger partial charge in [-0.1, -0.05) is 35.7 Å². The Morgan fingerprint density at radius 2 is 1.87 bits per heavy atom. The van der Waals surface area contributed by atoms with E-state index in [-0.39, 0.29) is 37.4 Å². The first-order valence-electron chi connectivity index (χ1n) is 9.91. The summed E-state index contributed by atoms with van der Waals surface area (Å²) in [6, 6.07) is 11.8. The van der Waals surface area contributed by atoms with E-state index in [2.05, 4.69) is 11.8 Å². The maximum absolute atomic E-state index is 14.9. The Morgan fingerprint density at radius 1 is 1.19 bits per heavy atom. The number of piperidine rings is 1. The van der Waals surface area contributed by atoms with E-state index in [9.17, 15) is 17.6 Å². The molecular formula is C23H23ClFNO4S. The third-order valence-electron chi connectivity index (χ3n) is 5.19. The number of esters is 1. The minimum atomic E-state index is -3.97. The number of halogens is 2. The normalized spacial score (nSPS) is 16.3. The fourth-order valence-electron chi connectivity index (χ4n) is 3.55. The van der Waals surface area contributed by atoms with E-state index in [1.165, 1.54) is 10.4 Å². The first kappa shape index (κ1) is 23.3. The van der Waals surface area contributed by atoms with E-state index in [4.69, 9.17) is 16.3 Å². The van der Waals surface area contributed by atoms with Gasteiger partial charge in [0.2, 0.25) is 15.7 Å². The predicted molar refractivity (Wildman–Crippen MR) is 118 cm³/mol. The highest BCUT2D eigenvalue weighted by atomic mass is 35.5. The Hall–Kier alpha value is -2.40. The van der Waals surface area contributed by atoms with Gasteiger partial charge in [-0.15, -0.1) is 5.92 Å². The lowest BCUT2D eigenvalue weighted by molar-refractivity contribution is -0.160. The van der Waals surface area contributed by atoms with Crippen LogP contribution in [0.4, 0.5) is 4.39 Å². The van der Waals surface area contributed by atoms with Crippen LogP contribution in [0.2, 0.25) is 5.02 Å². The Kier molecular flexibility index (Phi) is 7.05. The first-order chi connectivity index (χ1) is 14.7. The van der Waals surface area contributed by atoms with Gasteiger partial charge in [0, 0.05) is 47.6 Å². The summed E-state index contributed by atoms with van der Waals surface area (Å²) in [6.45, 7) is 3.11. The van der Waals surface area contributed by atoms with E-state index in [0.717, 1.165) is 0 Å². The van der Waals surface area contributed by atoms with Crippen LogP contribution in [-0.2, 0) is 19.6 Å². The molecule has 2 aromatic carbocycles. The average Bonchev–Trinajstić information content (AvgIpc) is 2.75. The Morgan fingerprint density at radius 3 is 2.48 bits per heavy atom. The molecule has 1 fully saturated rings. The van der Waals surface area contributed by atoms with Crippen LogP contribution in [0.3, 0.4) is 0 Å². The predicted octanol–water partition coefficient (Wildman–Crippen LogP) is 4.43. The molecule has 164 valence electrons. The highest BCUT2D eigenvalue weighted by molar-refractivity contribution is 7.89. The Labute approximate surface area is 187 Å². The molecule has 0 atom stereocenters. The Bertz CT molecular complexity index is 1150. The summed E-state index contributed by atoms with van der Waals surface area (Å²) in [5.41, 5.74) is -0.534. The van der Waals surface area contributed by atoms with Crippen LogP contribution < -0.4 is 0 Å². The van der Waals surface area contributed by atoms with Crippen LogP contribution >= 0.6 is 11.6 Å². The van der Waals surface area contributed by atoms with Crippen LogP contribution in [0.15, 0.2) is 47.4 Å². The van der Waals surface area contributed by atoms with Gasteiger partial charge in [-0.25, -0.2) is 17.6 Å². The summed E-state index contributed by atoms with van der Waals surface area (Å²) in [7, 11) is -3.97. The van der Waals surface area contributed by atoms with E-state index >= 15 is 0 Å². The van der Waals surface area contributed by atoms with Crippen molar-refractivity contribution in [2.24, 2.45) is 0 Å². The summed E-state index contributed by atoms with van der Waals surface area (Å²) >= 11 is 6.35. The van der Waals surface area contributed by atoms with Crippen molar-refractivity contribution in [3.8, 4) is 23.0 Å². The van der Waals surface area contributed by atoms with Gasteiger partial charge in [-0.3, -0.25) is 0 Å². The molecule has 1 heterocycles. The summed E-state index contributed by atoms with van der Waals surface area (Å²) in [4.78, 5) is 12.0. The molecule has 8 heteroatoms. The molecule has 0 bridgehead atoms. The summed E-state index contributed by atoms with van der Waals surface area (Å²) in [5, 5.41) is 0.407. The second-order valence-corrected chi connectivity index (χ2v) is 9.47. The van der Waals surface area contributed by atoms with Gasteiger partial charge in [0.25, 0.3) is 0 Å². The molecule has 0 aliphatic carbocycles. The number of benzene rings is 2. The van der Waals surface area contributed by atoms with Gasteiger partial charge in [-0.2, -0.15) is 4.31 Å². The zero-order valence-corrected chi connectivity index (χ0v) is 18.9. The molecule has 5 nitrogen and oxygen atoms in total. The van der Waals surface area contributed by atoms with Gasteiger partial charge < -0.3 is 4.74 Å². The highest BCUT2D eigenvalue weighted by Gasteiger charge is 2.45. The third kappa shape index (κ3) is 4.77. The van der Waals surface area contributed by atoms with Gasteiger partial charge >= 0.3 is 5.97 Å². The lowest BCUT2D eigenvalue weighted by atomic mass is 9.95. The molecule has 2 aromatic rings. The van der Waals surface area contributed by atoms with Gasteiger partial charge in [0.05, 0.1) is 11.5 Å². The van der Waals surface area contributed by atoms with Crippen molar-refractivity contribution in [1.82, 2.24) is 4.31 Å². The molecule has 0 spiro atoms. The minimum absolute atomic E-state index is 0.0599. The van der Waals surface area contributed by atoms with E-state index in [0.29, 0.717) is 21.7 Å². The molecular weight excluding hydrogens is 441 g/mol. The standard InChI is InChI=1S/C23H23ClFNO4S/c1-3-7-17-10-11-21(19(16-17)18-8-5-6-9-20(18)24)31(28,29)26-14-12-23(25,13-15-26)22(27)30-4-2/h5-6,8-11,16H,4,12-15H2,1-2H3. The number of nitrogens with zero attached hydrogens (tertiary/aromatic N) is 1. The maximum Gasteiger partial charge on any atom is 0.343 e. The van der Waals surface area contributed by atoms with Crippen molar-refractivity contribution in [2.75, 3.05) is 19.7 Å². The summed E-state index contributed by atoms with van der Waals surface area (Å²) < 4.78 is 47.9. The molecule has 31 heavy (non-hydrogen) atoms. The second kappa shape index (κ2) is 9.39. The number of rotatable bonds is 5. The lowest BCUT2D eigenvalue weighted by Crippen LogP contribution is -2.49. The molecule has 0 unspecified atom stereocenters. The van der Waals surface area contributed by atoms with Crippen LogP contribution in [-0.4, -0.2) is 44.1 Å². The number of carbonyl (C=O) groups excluding carboxylic acids is 1. The van der Waals surface area contributed by atoms with Crippen LogP contribution in [0.25, 0.3) is 11.1 Å². The van der Waals surface area contributed by atoms with E-state index in [1.807, 2.05) is 0 Å². The molecule has 0 aromatic heterocycles. The molecule has 1 aliphatic rings. The van der Waals surface area contributed by atoms with Gasteiger partial charge in [0.15, 0.2) is 0 Å². The summed E-state index contributed by atoms with van der Waals surface area (Å²) in [6.07, 6.45) is -0.516. The molecule has 0 radical (unpaired) electrons. The maximum atomic E-state index is 14.9. The number of alkyl halides is 1. The van der Waals surface area contributed by atoms with E-state index < -0.39 is 21.7 Å². The number of hydrogen-bond donors (Lipinski definition) is 0. The van der Waals surface area contributed by atoms with Crippen LogP contribution in [0.5, 0.6) is 0 Å². The molecule has 0 N–H and O–H groups in total. The Balaban J connectivity index is 1.99.